The van der Waals surface area contributed by atoms with E-state index in [2.05, 4.69) is 11.2 Å². The fourth-order valence-corrected chi connectivity index (χ4v) is 1.13. The molecule has 0 aliphatic heterocycles. The van der Waals surface area contributed by atoms with Crippen LogP contribution in [0, 0.1) is 12.3 Å². The first kappa shape index (κ1) is 10.6. The fourth-order valence-electron chi connectivity index (χ4n) is 0.959. The minimum Gasteiger partial charge on any atom is -0.326 e. The predicted molar refractivity (Wildman–Crippen MR) is 58.3 cm³/mol. The Morgan fingerprint density at radius 2 is 2.07 bits per heavy atom. The van der Waals surface area contributed by atoms with E-state index in [1.807, 2.05) is 0 Å². The first-order valence-corrected chi connectivity index (χ1v) is 4.72. The van der Waals surface area contributed by atoms with Crippen LogP contribution in [-0.2, 0) is 4.79 Å². The van der Waals surface area contributed by atoms with Crippen LogP contribution in [0.4, 0.5) is 5.69 Å². The van der Waals surface area contributed by atoms with Gasteiger partial charge < -0.3 is 5.32 Å². The Morgan fingerprint density at radius 1 is 1.43 bits per heavy atom. The van der Waals surface area contributed by atoms with E-state index < -0.39 is 0 Å². The normalized spacial score (nSPS) is 9.14. The Bertz CT molecular complexity index is 351. The molecule has 1 aromatic rings. The second kappa shape index (κ2) is 5.31. The number of hydrogen-bond acceptors (Lipinski definition) is 1. The van der Waals surface area contributed by atoms with E-state index in [4.69, 9.17) is 18.0 Å². The molecule has 0 aliphatic carbocycles. The minimum atomic E-state index is -0.0894. The molecule has 0 aromatic heterocycles. The molecular formula is C11H10ClNO. The van der Waals surface area contributed by atoms with E-state index in [0.717, 1.165) is 11.3 Å². The van der Waals surface area contributed by atoms with Crippen LogP contribution in [0.25, 0.3) is 0 Å². The summed E-state index contributed by atoms with van der Waals surface area (Å²) < 4.78 is 0. The van der Waals surface area contributed by atoms with Gasteiger partial charge in [-0.2, -0.15) is 0 Å². The summed E-state index contributed by atoms with van der Waals surface area (Å²) in [7, 11) is 0. The summed E-state index contributed by atoms with van der Waals surface area (Å²) in [5.41, 5.74) is 1.53. The third kappa shape index (κ3) is 3.12. The maximum absolute atomic E-state index is 11.1. The molecule has 72 valence electrons. The minimum absolute atomic E-state index is 0.0894. The summed E-state index contributed by atoms with van der Waals surface area (Å²) in [5.74, 6) is 2.74. The first-order valence-electron chi connectivity index (χ1n) is 4.18. The number of benzene rings is 1. The summed E-state index contributed by atoms with van der Waals surface area (Å²) in [4.78, 5) is 11.1. The Hall–Kier alpha value is -1.46. The van der Waals surface area contributed by atoms with Crippen molar-refractivity contribution >= 4 is 23.2 Å². The van der Waals surface area contributed by atoms with Crippen LogP contribution in [0.2, 0.25) is 0 Å². The van der Waals surface area contributed by atoms with Gasteiger partial charge in [0.05, 0.1) is 0 Å². The number of nitrogens with one attached hydrogen (secondary N) is 1. The van der Waals surface area contributed by atoms with Crippen molar-refractivity contribution in [3.05, 3.63) is 29.8 Å². The van der Waals surface area contributed by atoms with E-state index in [1.54, 1.807) is 24.3 Å². The molecule has 0 spiro atoms. The Balaban J connectivity index is 2.61. The molecule has 2 nitrogen and oxygen atoms in total. The molecule has 0 saturated heterocycles. The van der Waals surface area contributed by atoms with Crippen molar-refractivity contribution in [1.29, 1.82) is 0 Å². The van der Waals surface area contributed by atoms with Gasteiger partial charge in [-0.15, -0.1) is 18.0 Å². The van der Waals surface area contributed by atoms with Gasteiger partial charge in [-0.1, -0.05) is 5.92 Å². The highest BCUT2D eigenvalue weighted by Gasteiger charge is 2.00. The van der Waals surface area contributed by atoms with Crippen LogP contribution in [0.5, 0.6) is 0 Å². The lowest BCUT2D eigenvalue weighted by atomic mass is 10.2. The zero-order valence-electron chi connectivity index (χ0n) is 7.59. The van der Waals surface area contributed by atoms with E-state index in [-0.39, 0.29) is 5.91 Å². The van der Waals surface area contributed by atoms with Crippen LogP contribution in [-0.4, -0.2) is 11.8 Å². The lowest BCUT2D eigenvalue weighted by molar-refractivity contribution is -0.115. The molecule has 14 heavy (non-hydrogen) atoms. The SMILES string of the molecule is C#Cc1ccc(NC(=O)CCCl)cc1. The molecule has 0 radical (unpaired) electrons. The largest absolute Gasteiger partial charge is 0.326 e. The van der Waals surface area contributed by atoms with Crippen LogP contribution in [0.1, 0.15) is 12.0 Å². The van der Waals surface area contributed by atoms with Crippen molar-refractivity contribution in [3.8, 4) is 12.3 Å². The molecule has 0 unspecified atom stereocenters. The zero-order valence-corrected chi connectivity index (χ0v) is 8.34. The van der Waals surface area contributed by atoms with Crippen molar-refractivity contribution < 1.29 is 4.79 Å². The summed E-state index contributed by atoms with van der Waals surface area (Å²) in [6.07, 6.45) is 5.51. The second-order valence-electron chi connectivity index (χ2n) is 2.71. The molecule has 0 bridgehead atoms. The molecule has 1 N–H and O–H groups in total. The number of anilines is 1. The van der Waals surface area contributed by atoms with Gasteiger partial charge in [-0.3, -0.25) is 4.79 Å². The molecule has 0 saturated carbocycles. The number of carbonyl (C=O) groups excluding carboxylic acids is 1. The topological polar surface area (TPSA) is 29.1 Å². The predicted octanol–water partition coefficient (Wildman–Crippen LogP) is 2.24. The molecule has 1 amide bonds. The smallest absolute Gasteiger partial charge is 0.225 e. The molecule has 0 heterocycles. The van der Waals surface area contributed by atoms with Crippen molar-refractivity contribution in [1.82, 2.24) is 0 Å². The summed E-state index contributed by atoms with van der Waals surface area (Å²) >= 11 is 5.42. The summed E-state index contributed by atoms with van der Waals surface area (Å²) in [6, 6.07) is 7.08. The number of terminal acetylenes is 1. The first-order chi connectivity index (χ1) is 6.76. The summed E-state index contributed by atoms with van der Waals surface area (Å²) in [6.45, 7) is 0. The van der Waals surface area contributed by atoms with Gasteiger partial charge in [0.15, 0.2) is 0 Å². The third-order valence-electron chi connectivity index (χ3n) is 1.66. The standard InChI is InChI=1S/C11H10ClNO/c1-2-9-3-5-10(6-4-9)13-11(14)7-8-12/h1,3-6H,7-8H2,(H,13,14). The maximum Gasteiger partial charge on any atom is 0.225 e. The molecule has 3 heteroatoms. The van der Waals surface area contributed by atoms with Gasteiger partial charge in [0.1, 0.15) is 0 Å². The highest BCUT2D eigenvalue weighted by Crippen LogP contribution is 2.08. The lowest BCUT2D eigenvalue weighted by Gasteiger charge is -2.03. The van der Waals surface area contributed by atoms with Crippen molar-refractivity contribution in [2.45, 2.75) is 6.42 Å². The lowest BCUT2D eigenvalue weighted by Crippen LogP contribution is -2.11. The number of halogens is 1. The van der Waals surface area contributed by atoms with Crippen LogP contribution < -0.4 is 5.32 Å². The highest BCUT2D eigenvalue weighted by molar-refractivity contribution is 6.19. The van der Waals surface area contributed by atoms with Crippen LogP contribution >= 0.6 is 11.6 Å². The van der Waals surface area contributed by atoms with E-state index in [9.17, 15) is 4.79 Å². The Labute approximate surface area is 88.3 Å². The monoisotopic (exact) mass is 207 g/mol. The molecule has 1 rings (SSSR count). The van der Waals surface area contributed by atoms with Gasteiger partial charge in [0, 0.05) is 23.6 Å². The van der Waals surface area contributed by atoms with Crippen LogP contribution in [0.3, 0.4) is 0 Å². The third-order valence-corrected chi connectivity index (χ3v) is 1.85. The number of amides is 1. The van der Waals surface area contributed by atoms with E-state index >= 15 is 0 Å². The Morgan fingerprint density at radius 3 is 2.57 bits per heavy atom. The van der Waals surface area contributed by atoms with Gasteiger partial charge in [-0.05, 0) is 24.3 Å². The van der Waals surface area contributed by atoms with Crippen LogP contribution in [0.15, 0.2) is 24.3 Å². The fraction of sp³-hybridized carbons (Fsp3) is 0.182. The molecule has 0 fully saturated rings. The maximum atomic E-state index is 11.1. The quantitative estimate of drug-likeness (QED) is 0.598. The molecular weight excluding hydrogens is 198 g/mol. The second-order valence-corrected chi connectivity index (χ2v) is 3.09. The molecule has 1 aromatic carbocycles. The zero-order chi connectivity index (χ0) is 10.4. The van der Waals surface area contributed by atoms with Gasteiger partial charge in [0.2, 0.25) is 5.91 Å². The number of carbonyl (C=O) groups is 1. The van der Waals surface area contributed by atoms with E-state index in [1.165, 1.54) is 0 Å². The molecule has 0 atom stereocenters. The van der Waals surface area contributed by atoms with Crippen molar-refractivity contribution in [2.24, 2.45) is 0 Å². The number of rotatable bonds is 3. The highest BCUT2D eigenvalue weighted by atomic mass is 35.5. The van der Waals surface area contributed by atoms with Crippen molar-refractivity contribution in [2.75, 3.05) is 11.2 Å². The summed E-state index contributed by atoms with van der Waals surface area (Å²) in [5, 5.41) is 2.70. The van der Waals surface area contributed by atoms with Crippen molar-refractivity contribution in [3.63, 3.8) is 0 Å². The van der Waals surface area contributed by atoms with Gasteiger partial charge >= 0.3 is 0 Å². The average Bonchev–Trinajstić information content (AvgIpc) is 2.19. The molecule has 0 aliphatic rings. The van der Waals surface area contributed by atoms with Gasteiger partial charge in [0.25, 0.3) is 0 Å². The van der Waals surface area contributed by atoms with Gasteiger partial charge in [-0.25, -0.2) is 0 Å². The van der Waals surface area contributed by atoms with E-state index in [0.29, 0.717) is 12.3 Å². The number of alkyl halides is 1. The Kier molecular flexibility index (Phi) is 4.03. The number of hydrogen-bond donors (Lipinski definition) is 1. The average molecular weight is 208 g/mol.